The van der Waals surface area contributed by atoms with Gasteiger partial charge in [-0.3, -0.25) is 14.9 Å². The number of hydrogen-bond acceptors (Lipinski definition) is 4. The number of carbonyl (C=O) groups is 2. The van der Waals surface area contributed by atoms with Gasteiger partial charge in [-0.05, 0) is 24.3 Å². The number of amides is 2. The van der Waals surface area contributed by atoms with Crippen LogP contribution in [-0.4, -0.2) is 52.7 Å². The van der Waals surface area contributed by atoms with Crippen molar-refractivity contribution >= 4 is 23.6 Å². The van der Waals surface area contributed by atoms with Crippen molar-refractivity contribution in [3.63, 3.8) is 0 Å². The lowest BCUT2D eigenvalue weighted by Gasteiger charge is -2.44. The average Bonchev–Trinajstić information content (AvgIpc) is 3.05. The minimum atomic E-state index is -2.55. The van der Waals surface area contributed by atoms with Crippen LogP contribution in [-0.2, 0) is 11.3 Å². The monoisotopic (exact) mass is 449 g/mol. The second-order valence-corrected chi connectivity index (χ2v) is 8.72. The van der Waals surface area contributed by atoms with E-state index in [1.807, 2.05) is 0 Å². The number of rotatable bonds is 5. The van der Waals surface area contributed by atoms with Crippen LogP contribution in [0, 0.1) is 5.82 Å². The van der Waals surface area contributed by atoms with E-state index < -0.39 is 11.4 Å². The zero-order valence-corrected chi connectivity index (χ0v) is 17.5. The Hall–Kier alpha value is -2.52. The molecule has 0 aliphatic carbocycles. The quantitative estimate of drug-likeness (QED) is 0.708. The highest BCUT2D eigenvalue weighted by Crippen LogP contribution is 2.33. The molecule has 0 atom stereocenters. The molecule has 1 N–H and O–H groups in total. The summed E-state index contributed by atoms with van der Waals surface area (Å²) >= 11 is 0.406. The minimum Gasteiger partial charge on any atom is -0.338 e. The fourth-order valence-corrected chi connectivity index (χ4v) is 4.78. The summed E-state index contributed by atoms with van der Waals surface area (Å²) in [4.78, 5) is 29.1. The van der Waals surface area contributed by atoms with Crippen molar-refractivity contribution in [2.45, 2.75) is 35.7 Å². The lowest BCUT2D eigenvalue weighted by molar-refractivity contribution is -0.132. The highest BCUT2D eigenvalue weighted by molar-refractivity contribution is 7.99. The van der Waals surface area contributed by atoms with Gasteiger partial charge in [-0.15, -0.1) is 0 Å². The van der Waals surface area contributed by atoms with Gasteiger partial charge in [-0.25, -0.2) is 4.39 Å². The van der Waals surface area contributed by atoms with E-state index in [4.69, 9.17) is 0 Å². The first-order valence-corrected chi connectivity index (χ1v) is 10.9. The predicted molar refractivity (Wildman–Crippen MR) is 111 cm³/mol. The van der Waals surface area contributed by atoms with E-state index >= 15 is 0 Å². The minimum absolute atomic E-state index is 0.0974. The van der Waals surface area contributed by atoms with Crippen LogP contribution < -0.4 is 5.32 Å². The molecule has 2 saturated heterocycles. The molecular weight excluding hydrogens is 427 g/mol. The van der Waals surface area contributed by atoms with E-state index in [2.05, 4.69) is 5.32 Å². The number of hydrogen-bond donors (Lipinski definition) is 1. The molecule has 5 nitrogen and oxygen atoms in total. The number of alkyl halides is 2. The molecule has 0 bridgehead atoms. The van der Waals surface area contributed by atoms with E-state index in [0.717, 1.165) is 0 Å². The van der Waals surface area contributed by atoms with Crippen LogP contribution in [0.3, 0.4) is 0 Å². The van der Waals surface area contributed by atoms with Crippen molar-refractivity contribution in [2.24, 2.45) is 0 Å². The molecule has 4 rings (SSSR count). The summed E-state index contributed by atoms with van der Waals surface area (Å²) < 4.78 is 39.4. The van der Waals surface area contributed by atoms with E-state index in [9.17, 15) is 22.8 Å². The lowest BCUT2D eigenvalue weighted by atomic mass is 9.94. The molecule has 1 spiro atoms. The van der Waals surface area contributed by atoms with Crippen molar-refractivity contribution in [3.8, 4) is 0 Å². The smallest absolute Gasteiger partial charge is 0.288 e. The Kier molecular flexibility index (Phi) is 6.24. The number of thioether (sulfide) groups is 1. The van der Waals surface area contributed by atoms with Crippen molar-refractivity contribution in [2.75, 3.05) is 19.6 Å². The molecule has 2 aliphatic rings. The standard InChI is InChI=1S/C22H22F3N3O2S/c23-18-7-2-1-4-16(18)14-28-19(29)13-26-22(28)8-10-27(11-9-22)20(30)15-5-3-6-17(12-15)31-21(24)25/h1-7,12,21,26H,8-11,13-14H2. The number of halogens is 3. The van der Waals surface area contributed by atoms with Crippen LogP contribution in [0.25, 0.3) is 0 Å². The molecule has 0 radical (unpaired) electrons. The normalized spacial score (nSPS) is 18.3. The molecule has 31 heavy (non-hydrogen) atoms. The van der Waals surface area contributed by atoms with E-state index in [-0.39, 0.29) is 30.7 Å². The van der Waals surface area contributed by atoms with Gasteiger partial charge in [0, 0.05) is 42.0 Å². The maximum absolute atomic E-state index is 14.1. The molecule has 2 amide bonds. The molecule has 164 valence electrons. The summed E-state index contributed by atoms with van der Waals surface area (Å²) in [5, 5.41) is 3.27. The molecule has 2 heterocycles. The zero-order valence-electron chi connectivity index (χ0n) is 16.7. The summed E-state index contributed by atoms with van der Waals surface area (Å²) in [5.41, 5.74) is 0.190. The number of carbonyl (C=O) groups excluding carboxylic acids is 2. The van der Waals surface area contributed by atoms with Crippen molar-refractivity contribution in [1.82, 2.24) is 15.1 Å². The molecule has 2 aromatic rings. The molecule has 0 unspecified atom stereocenters. The van der Waals surface area contributed by atoms with Crippen LogP contribution in [0.5, 0.6) is 0 Å². The second-order valence-electron chi connectivity index (χ2n) is 7.65. The van der Waals surface area contributed by atoms with Crippen LogP contribution >= 0.6 is 11.8 Å². The third kappa shape index (κ3) is 4.57. The van der Waals surface area contributed by atoms with E-state index in [0.29, 0.717) is 53.7 Å². The fraction of sp³-hybridized carbons (Fsp3) is 0.364. The summed E-state index contributed by atoms with van der Waals surface area (Å²) in [6.07, 6.45) is 1.01. The lowest BCUT2D eigenvalue weighted by Crippen LogP contribution is -2.59. The summed E-state index contributed by atoms with van der Waals surface area (Å²) in [6.45, 7) is 1.15. The van der Waals surface area contributed by atoms with Gasteiger partial charge in [-0.2, -0.15) is 8.78 Å². The van der Waals surface area contributed by atoms with Gasteiger partial charge in [0.05, 0.1) is 18.8 Å². The number of nitrogens with zero attached hydrogens (tertiary/aromatic N) is 2. The first-order chi connectivity index (χ1) is 14.9. The van der Waals surface area contributed by atoms with Crippen molar-refractivity contribution in [1.29, 1.82) is 0 Å². The van der Waals surface area contributed by atoms with Crippen LogP contribution in [0.4, 0.5) is 13.2 Å². The van der Waals surface area contributed by atoms with Gasteiger partial charge in [0.1, 0.15) is 5.82 Å². The Bertz CT molecular complexity index is 980. The predicted octanol–water partition coefficient (Wildman–Crippen LogP) is 3.70. The molecule has 2 aromatic carbocycles. The molecular formula is C22H22F3N3O2S. The van der Waals surface area contributed by atoms with Gasteiger partial charge in [0.2, 0.25) is 5.91 Å². The van der Waals surface area contributed by atoms with Gasteiger partial charge in [-0.1, -0.05) is 36.0 Å². The fourth-order valence-electron chi connectivity index (χ4n) is 4.22. The summed E-state index contributed by atoms with van der Waals surface area (Å²) in [6, 6.07) is 12.6. The molecule has 0 saturated carbocycles. The van der Waals surface area contributed by atoms with Crippen LogP contribution in [0.2, 0.25) is 0 Å². The van der Waals surface area contributed by atoms with E-state index in [1.165, 1.54) is 12.1 Å². The number of piperidine rings is 1. The molecule has 2 fully saturated rings. The SMILES string of the molecule is O=C(c1cccc(SC(F)F)c1)N1CCC2(CC1)NCC(=O)N2Cc1ccccc1F. The summed E-state index contributed by atoms with van der Waals surface area (Å²) in [7, 11) is 0. The zero-order chi connectivity index (χ0) is 22.0. The Morgan fingerprint density at radius 3 is 2.58 bits per heavy atom. The Morgan fingerprint density at radius 2 is 1.87 bits per heavy atom. The number of benzene rings is 2. The van der Waals surface area contributed by atoms with Crippen LogP contribution in [0.15, 0.2) is 53.4 Å². The Morgan fingerprint density at radius 1 is 1.13 bits per heavy atom. The second kappa shape index (κ2) is 8.92. The van der Waals surface area contributed by atoms with Gasteiger partial charge >= 0.3 is 0 Å². The highest BCUT2D eigenvalue weighted by Gasteiger charge is 2.47. The average molecular weight is 449 g/mol. The third-order valence-corrected chi connectivity index (χ3v) is 6.56. The summed E-state index contributed by atoms with van der Waals surface area (Å²) in [5.74, 6) is -3.23. The maximum Gasteiger partial charge on any atom is 0.288 e. The molecule has 2 aliphatic heterocycles. The van der Waals surface area contributed by atoms with Gasteiger partial charge < -0.3 is 9.80 Å². The Labute approximate surface area is 182 Å². The maximum atomic E-state index is 14.1. The first kappa shape index (κ1) is 21.7. The Balaban J connectivity index is 1.45. The van der Waals surface area contributed by atoms with Crippen molar-refractivity contribution in [3.05, 3.63) is 65.5 Å². The van der Waals surface area contributed by atoms with Gasteiger partial charge in [0.25, 0.3) is 11.7 Å². The highest BCUT2D eigenvalue weighted by atomic mass is 32.2. The van der Waals surface area contributed by atoms with Crippen molar-refractivity contribution < 1.29 is 22.8 Å². The largest absolute Gasteiger partial charge is 0.338 e. The number of nitrogens with one attached hydrogen (secondary N) is 1. The van der Waals surface area contributed by atoms with Gasteiger partial charge in [0.15, 0.2) is 0 Å². The third-order valence-electron chi connectivity index (χ3n) is 5.86. The van der Waals surface area contributed by atoms with Crippen LogP contribution in [0.1, 0.15) is 28.8 Å². The molecule has 0 aromatic heterocycles. The number of likely N-dealkylation sites (tertiary alicyclic amines) is 1. The van der Waals surface area contributed by atoms with E-state index in [1.54, 1.807) is 46.2 Å². The molecule has 9 heteroatoms. The topological polar surface area (TPSA) is 52.7 Å². The first-order valence-electron chi connectivity index (χ1n) is 10.0.